The molecule has 1 unspecified atom stereocenters. The number of nitrogens with zero attached hydrogens (tertiary/aromatic N) is 1. The molecular weight excluding hydrogens is 565 g/mol. The minimum absolute atomic E-state index is 0. The largest absolute Gasteiger partial charge is 0.480 e. The molecule has 0 bridgehead atoms. The van der Waals surface area contributed by atoms with Gasteiger partial charge in [-0.3, -0.25) is 10.7 Å². The Hall–Kier alpha value is -1.69. The zero-order valence-electron chi connectivity index (χ0n) is 21.0. The van der Waals surface area contributed by atoms with Gasteiger partial charge in [0, 0.05) is 50.4 Å². The average Bonchev–Trinajstić information content (AvgIpc) is 2.90. The summed E-state index contributed by atoms with van der Waals surface area (Å²) >= 11 is 0. The number of carbonyl (C=O) groups is 1. The second-order valence-electron chi connectivity index (χ2n) is 9.61. The molecule has 0 aliphatic carbocycles. The van der Waals surface area contributed by atoms with E-state index in [1.54, 1.807) is 12.1 Å². The number of ether oxygens (including phenoxy) is 2. The minimum atomic E-state index is -1.01. The van der Waals surface area contributed by atoms with Gasteiger partial charge in [0.15, 0.2) is 5.79 Å². The summed E-state index contributed by atoms with van der Waals surface area (Å²) in [6, 6.07) is 22.0. The van der Waals surface area contributed by atoms with Crippen LogP contribution in [0.15, 0.2) is 72.8 Å². The van der Waals surface area contributed by atoms with E-state index in [4.69, 9.17) is 14.0 Å². The first kappa shape index (κ1) is 28.3. The molecule has 0 N–H and O–H groups in total. The van der Waals surface area contributed by atoms with Crippen molar-refractivity contribution < 1.29 is 55.9 Å². The predicted molar refractivity (Wildman–Crippen MR) is 140 cm³/mol. The van der Waals surface area contributed by atoms with Crippen LogP contribution in [0.5, 0.6) is 5.75 Å². The van der Waals surface area contributed by atoms with Crippen LogP contribution in [0, 0.1) is 24.6 Å². The number of benzene rings is 3. The molecule has 1 radical (unpaired) electrons. The molecule has 3 atom stereocenters. The molecular formula is C29H30FNO4PY-. The van der Waals surface area contributed by atoms with E-state index < -0.39 is 5.79 Å². The van der Waals surface area contributed by atoms with Gasteiger partial charge in [0.2, 0.25) is 5.91 Å². The van der Waals surface area contributed by atoms with Gasteiger partial charge in [-0.25, -0.2) is 4.39 Å². The number of hydrogen-bond acceptors (Lipinski definition) is 4. The Bertz CT molecular complexity index is 1200. The van der Waals surface area contributed by atoms with Crippen LogP contribution >= 0.6 is 9.47 Å². The zero-order chi connectivity index (χ0) is 25.3. The van der Waals surface area contributed by atoms with Crippen LogP contribution in [-0.4, -0.2) is 19.1 Å². The van der Waals surface area contributed by atoms with Crippen LogP contribution in [0.25, 0.3) is 0 Å². The number of carbonyl (C=O) groups excluding carboxylic acids is 1. The summed E-state index contributed by atoms with van der Waals surface area (Å²) in [6.07, 6.45) is 1.04. The van der Waals surface area contributed by atoms with Crippen LogP contribution in [-0.2, 0) is 52.8 Å². The number of anilines is 1. The Morgan fingerprint density at radius 1 is 1.03 bits per heavy atom. The molecule has 2 fully saturated rings. The van der Waals surface area contributed by atoms with Crippen molar-refractivity contribution in [2.24, 2.45) is 5.92 Å². The van der Waals surface area contributed by atoms with Gasteiger partial charge >= 0.3 is 0 Å². The van der Waals surface area contributed by atoms with Crippen molar-refractivity contribution in [3.63, 3.8) is 0 Å². The van der Waals surface area contributed by atoms with Gasteiger partial charge in [0.25, 0.3) is 0 Å². The zero-order valence-corrected chi connectivity index (χ0v) is 25.0. The molecule has 2 saturated heterocycles. The molecule has 1 amide bonds. The number of aryl methyl sites for hydroxylation is 1. The van der Waals surface area contributed by atoms with Crippen LogP contribution in [0.3, 0.4) is 0 Å². The van der Waals surface area contributed by atoms with Crippen LogP contribution < -0.4 is 9.42 Å². The molecule has 2 aliphatic heterocycles. The van der Waals surface area contributed by atoms with Gasteiger partial charge in [-0.05, 0) is 55.3 Å². The van der Waals surface area contributed by atoms with Gasteiger partial charge < -0.3 is 18.9 Å². The second kappa shape index (κ2) is 12.0. The maximum Gasteiger partial charge on any atom is 0.233 e. The van der Waals surface area contributed by atoms with E-state index in [1.807, 2.05) is 67.3 Å². The van der Waals surface area contributed by atoms with Crippen molar-refractivity contribution in [3.05, 3.63) is 101 Å². The van der Waals surface area contributed by atoms with Crippen molar-refractivity contribution in [3.8, 4) is 5.75 Å². The SMILES string of the molecule is Cc1ccc(N2C(=O)[C@H](CCC3(c4ccc(F)cc4)OC[C-](C)CO3)[C@H]2c2ccc(OP)cc2)cc1.[Y]. The molecule has 37 heavy (non-hydrogen) atoms. The van der Waals surface area contributed by atoms with Gasteiger partial charge in [-0.1, -0.05) is 55.2 Å². The Morgan fingerprint density at radius 2 is 1.65 bits per heavy atom. The Balaban J connectivity index is 0.00000320. The van der Waals surface area contributed by atoms with Crippen molar-refractivity contribution in [1.29, 1.82) is 0 Å². The molecule has 0 aromatic heterocycles. The Labute approximate surface area is 245 Å². The van der Waals surface area contributed by atoms with Gasteiger partial charge in [-0.2, -0.15) is 6.92 Å². The molecule has 5 rings (SSSR count). The van der Waals surface area contributed by atoms with Crippen molar-refractivity contribution in [2.45, 2.75) is 38.5 Å². The first-order chi connectivity index (χ1) is 17.4. The fourth-order valence-corrected chi connectivity index (χ4v) is 5.17. The summed E-state index contributed by atoms with van der Waals surface area (Å²) in [7, 11) is 2.25. The van der Waals surface area contributed by atoms with E-state index in [0.717, 1.165) is 34.0 Å². The third-order valence-electron chi connectivity index (χ3n) is 7.06. The normalized spacial score (nSPS) is 21.2. The van der Waals surface area contributed by atoms with E-state index in [1.165, 1.54) is 12.1 Å². The number of amides is 1. The summed E-state index contributed by atoms with van der Waals surface area (Å²) < 4.78 is 31.4. The third kappa shape index (κ3) is 5.84. The summed E-state index contributed by atoms with van der Waals surface area (Å²) in [5.41, 5.74) is 3.82. The molecule has 5 nitrogen and oxygen atoms in total. The standard InChI is InChI=1S/C29H30FNO4P.Y/c1-19-3-11-24(12-4-19)31-27(21-5-13-25(35-36)14-6-21)26(28(31)32)15-16-29(33-17-20(2)18-34-29)22-7-9-23(30)10-8-22;/h3-14,26-27H,15-18,36H2,1-2H3;/q-1;/t26-,27-;/m1./s1. The number of hydrogen-bond donors (Lipinski definition) is 0. The minimum Gasteiger partial charge on any atom is -0.480 e. The summed E-state index contributed by atoms with van der Waals surface area (Å²) in [5.74, 6) is 0.326. The molecule has 0 saturated carbocycles. The van der Waals surface area contributed by atoms with Crippen molar-refractivity contribution in [1.82, 2.24) is 0 Å². The maximum atomic E-state index is 13.6. The number of rotatable bonds is 7. The predicted octanol–water partition coefficient (Wildman–Crippen LogP) is 6.28. The topological polar surface area (TPSA) is 48.0 Å². The van der Waals surface area contributed by atoms with Crippen molar-refractivity contribution >= 4 is 21.1 Å². The monoisotopic (exact) mass is 595 g/mol. The third-order valence-corrected chi connectivity index (χ3v) is 7.33. The summed E-state index contributed by atoms with van der Waals surface area (Å²) in [6.45, 7) is 4.94. The van der Waals surface area contributed by atoms with Gasteiger partial charge in [-0.15, -0.1) is 0 Å². The summed E-state index contributed by atoms with van der Waals surface area (Å²) in [4.78, 5) is 15.4. The molecule has 8 heteroatoms. The molecule has 2 aliphatic rings. The molecule has 3 aromatic carbocycles. The van der Waals surface area contributed by atoms with Crippen LogP contribution in [0.1, 0.15) is 42.5 Å². The first-order valence-electron chi connectivity index (χ1n) is 12.1. The smallest absolute Gasteiger partial charge is 0.233 e. The fraction of sp³-hybridized carbons (Fsp3) is 0.310. The molecule has 0 spiro atoms. The van der Waals surface area contributed by atoms with Gasteiger partial charge in [0.1, 0.15) is 11.6 Å². The number of β-lactam (4-membered cyclic amide) rings is 1. The van der Waals surface area contributed by atoms with E-state index >= 15 is 0 Å². The molecule has 191 valence electrons. The van der Waals surface area contributed by atoms with Gasteiger partial charge in [0.05, 0.1) is 21.4 Å². The number of halogens is 1. The van der Waals surface area contributed by atoms with Crippen molar-refractivity contribution in [2.75, 3.05) is 18.1 Å². The summed E-state index contributed by atoms with van der Waals surface area (Å²) in [5, 5.41) is 0. The fourth-order valence-electron chi connectivity index (χ4n) is 5.02. The van der Waals surface area contributed by atoms with E-state index in [9.17, 15) is 9.18 Å². The van der Waals surface area contributed by atoms with E-state index in [2.05, 4.69) is 9.47 Å². The molecule has 3 aromatic rings. The maximum absolute atomic E-state index is 13.6. The van der Waals surface area contributed by atoms with Crippen LogP contribution in [0.2, 0.25) is 0 Å². The molecule has 2 heterocycles. The second-order valence-corrected chi connectivity index (χ2v) is 9.85. The van der Waals surface area contributed by atoms with E-state index in [0.29, 0.717) is 26.1 Å². The van der Waals surface area contributed by atoms with Crippen LogP contribution in [0.4, 0.5) is 10.1 Å². The van der Waals surface area contributed by atoms with E-state index in [-0.39, 0.29) is 56.4 Å². The Morgan fingerprint density at radius 3 is 2.24 bits per heavy atom. The Kier molecular flexibility index (Phi) is 9.19. The average molecular weight is 595 g/mol. The first-order valence-corrected chi connectivity index (χ1v) is 12.6. The quantitative estimate of drug-likeness (QED) is 0.183.